The lowest BCUT2D eigenvalue weighted by molar-refractivity contribution is -0.0678. The summed E-state index contributed by atoms with van der Waals surface area (Å²) in [5, 5.41) is 13.0. The van der Waals surface area contributed by atoms with Crippen LogP contribution in [-0.2, 0) is 0 Å². The minimum absolute atomic E-state index is 0.875. The molecular formula is C7H16N2O. The fraction of sp³-hybridized carbons (Fsp3) is 1.00. The van der Waals surface area contributed by atoms with Crippen molar-refractivity contribution in [1.82, 2.24) is 10.4 Å². The molecule has 0 saturated carbocycles. The van der Waals surface area contributed by atoms with Gasteiger partial charge in [-0.3, -0.25) is 0 Å². The average molecular weight is 144 g/mol. The van der Waals surface area contributed by atoms with Gasteiger partial charge in [-0.05, 0) is 32.4 Å². The quantitative estimate of drug-likeness (QED) is 0.518. The minimum Gasteiger partial charge on any atom is -0.317 e. The molecule has 10 heavy (non-hydrogen) atoms. The summed E-state index contributed by atoms with van der Waals surface area (Å²) in [6, 6.07) is 0. The van der Waals surface area contributed by atoms with Crippen LogP contribution < -0.4 is 5.32 Å². The summed E-state index contributed by atoms with van der Waals surface area (Å²) in [5.41, 5.74) is 0. The SMILES string of the molecule is C1CNC1.ON1CCCC1. The Hall–Kier alpha value is -0.120. The van der Waals surface area contributed by atoms with Crippen LogP contribution in [0.5, 0.6) is 0 Å². The highest BCUT2D eigenvalue weighted by Gasteiger charge is 2.05. The molecule has 2 aliphatic heterocycles. The lowest BCUT2D eigenvalue weighted by Gasteiger charge is -2.09. The fourth-order valence-electron chi connectivity index (χ4n) is 0.877. The summed E-state index contributed by atoms with van der Waals surface area (Å²) in [6.07, 6.45) is 3.72. The Bertz CT molecular complexity index is 73.7. The molecule has 0 unspecified atom stereocenters. The lowest BCUT2D eigenvalue weighted by Crippen LogP contribution is -2.29. The largest absolute Gasteiger partial charge is 0.317 e. The molecule has 0 aromatic heterocycles. The van der Waals surface area contributed by atoms with E-state index in [0.29, 0.717) is 0 Å². The van der Waals surface area contributed by atoms with E-state index in [1.54, 1.807) is 0 Å². The summed E-state index contributed by atoms with van der Waals surface area (Å²) in [5.74, 6) is 0. The highest BCUT2D eigenvalue weighted by molar-refractivity contribution is 4.56. The number of rotatable bonds is 0. The first kappa shape index (κ1) is 7.98. The molecule has 0 aromatic rings. The van der Waals surface area contributed by atoms with Gasteiger partial charge in [-0.1, -0.05) is 0 Å². The van der Waals surface area contributed by atoms with Crippen LogP contribution in [0.1, 0.15) is 19.3 Å². The Morgan fingerprint density at radius 1 is 1.00 bits per heavy atom. The van der Waals surface area contributed by atoms with Crippen molar-refractivity contribution < 1.29 is 5.21 Å². The van der Waals surface area contributed by atoms with Crippen molar-refractivity contribution in [3.63, 3.8) is 0 Å². The number of nitrogens with one attached hydrogen (secondary N) is 1. The van der Waals surface area contributed by atoms with Crippen LogP contribution in [0, 0.1) is 0 Å². The molecule has 0 amide bonds. The molecule has 0 aromatic carbocycles. The van der Waals surface area contributed by atoms with E-state index < -0.39 is 0 Å². The highest BCUT2D eigenvalue weighted by Crippen LogP contribution is 2.01. The van der Waals surface area contributed by atoms with Crippen molar-refractivity contribution in [1.29, 1.82) is 0 Å². The van der Waals surface area contributed by atoms with Crippen molar-refractivity contribution in [2.75, 3.05) is 26.2 Å². The van der Waals surface area contributed by atoms with Gasteiger partial charge >= 0.3 is 0 Å². The summed E-state index contributed by atoms with van der Waals surface area (Å²) in [6.45, 7) is 4.25. The Morgan fingerprint density at radius 2 is 1.40 bits per heavy atom. The maximum Gasteiger partial charge on any atom is 0.0238 e. The summed E-state index contributed by atoms with van der Waals surface area (Å²) < 4.78 is 0. The average Bonchev–Trinajstić information content (AvgIpc) is 2.12. The first-order chi connectivity index (χ1) is 4.89. The van der Waals surface area contributed by atoms with E-state index in [9.17, 15) is 0 Å². The smallest absolute Gasteiger partial charge is 0.0238 e. The van der Waals surface area contributed by atoms with Gasteiger partial charge in [0.1, 0.15) is 0 Å². The fourth-order valence-corrected chi connectivity index (χ4v) is 0.877. The zero-order valence-electron chi connectivity index (χ0n) is 6.34. The van der Waals surface area contributed by atoms with Crippen LogP contribution in [0.15, 0.2) is 0 Å². The normalized spacial score (nSPS) is 24.9. The van der Waals surface area contributed by atoms with Gasteiger partial charge in [0.25, 0.3) is 0 Å². The third kappa shape index (κ3) is 3.15. The van der Waals surface area contributed by atoms with E-state index in [2.05, 4.69) is 5.32 Å². The number of hydroxylamine groups is 2. The molecule has 0 atom stereocenters. The van der Waals surface area contributed by atoms with Crippen molar-refractivity contribution in [2.45, 2.75) is 19.3 Å². The molecule has 2 saturated heterocycles. The van der Waals surface area contributed by atoms with Crippen molar-refractivity contribution in [3.8, 4) is 0 Å². The minimum atomic E-state index is 0.875. The first-order valence-corrected chi connectivity index (χ1v) is 4.04. The maximum atomic E-state index is 8.56. The Morgan fingerprint density at radius 3 is 1.50 bits per heavy atom. The second-order valence-electron chi connectivity index (χ2n) is 2.76. The van der Waals surface area contributed by atoms with Crippen LogP contribution in [0.3, 0.4) is 0 Å². The van der Waals surface area contributed by atoms with Gasteiger partial charge in [0.05, 0.1) is 0 Å². The molecule has 2 fully saturated rings. The molecule has 0 radical (unpaired) electrons. The topological polar surface area (TPSA) is 35.5 Å². The molecule has 3 heteroatoms. The summed E-state index contributed by atoms with van der Waals surface area (Å²) in [4.78, 5) is 0. The third-order valence-corrected chi connectivity index (χ3v) is 1.79. The van der Waals surface area contributed by atoms with Gasteiger partial charge in [0, 0.05) is 13.1 Å². The van der Waals surface area contributed by atoms with Crippen LogP contribution in [0.2, 0.25) is 0 Å². The second kappa shape index (κ2) is 4.66. The molecule has 3 nitrogen and oxygen atoms in total. The van der Waals surface area contributed by atoms with E-state index in [0.717, 1.165) is 25.9 Å². The monoisotopic (exact) mass is 144 g/mol. The Balaban J connectivity index is 0.000000108. The predicted molar refractivity (Wildman–Crippen MR) is 40.1 cm³/mol. The zero-order valence-corrected chi connectivity index (χ0v) is 6.34. The number of hydrogen-bond donors (Lipinski definition) is 2. The van der Waals surface area contributed by atoms with Crippen LogP contribution in [0.4, 0.5) is 0 Å². The zero-order chi connectivity index (χ0) is 7.23. The Labute approximate surface area is 62.0 Å². The molecule has 2 N–H and O–H groups in total. The van der Waals surface area contributed by atoms with Gasteiger partial charge in [-0.25, -0.2) is 0 Å². The molecule has 2 aliphatic rings. The van der Waals surface area contributed by atoms with Gasteiger partial charge in [0.2, 0.25) is 0 Å². The summed E-state index contributed by atoms with van der Waals surface area (Å²) >= 11 is 0. The van der Waals surface area contributed by atoms with Crippen LogP contribution >= 0.6 is 0 Å². The molecular weight excluding hydrogens is 128 g/mol. The molecule has 0 aliphatic carbocycles. The lowest BCUT2D eigenvalue weighted by atomic mass is 10.3. The van der Waals surface area contributed by atoms with Crippen LogP contribution in [-0.4, -0.2) is 36.4 Å². The van der Waals surface area contributed by atoms with Crippen molar-refractivity contribution in [2.24, 2.45) is 0 Å². The van der Waals surface area contributed by atoms with Crippen molar-refractivity contribution >= 4 is 0 Å². The molecule has 0 spiro atoms. The maximum absolute atomic E-state index is 8.56. The van der Waals surface area contributed by atoms with E-state index in [-0.39, 0.29) is 0 Å². The van der Waals surface area contributed by atoms with Gasteiger partial charge in [0.15, 0.2) is 0 Å². The third-order valence-electron chi connectivity index (χ3n) is 1.79. The van der Waals surface area contributed by atoms with Gasteiger partial charge in [-0.15, -0.1) is 0 Å². The first-order valence-electron chi connectivity index (χ1n) is 4.04. The van der Waals surface area contributed by atoms with E-state index >= 15 is 0 Å². The highest BCUT2D eigenvalue weighted by atomic mass is 16.5. The standard InChI is InChI=1S/C4H9NO.C3H7N/c6-5-3-1-2-4-5;1-2-4-3-1/h6H,1-4H2;4H,1-3H2. The molecule has 2 rings (SSSR count). The molecule has 2 heterocycles. The van der Waals surface area contributed by atoms with Crippen LogP contribution in [0.25, 0.3) is 0 Å². The molecule has 0 bridgehead atoms. The Kier molecular flexibility index (Phi) is 3.72. The van der Waals surface area contributed by atoms with E-state index in [4.69, 9.17) is 5.21 Å². The van der Waals surface area contributed by atoms with Crippen molar-refractivity contribution in [3.05, 3.63) is 0 Å². The van der Waals surface area contributed by atoms with E-state index in [1.807, 2.05) is 0 Å². The number of hydrogen-bond acceptors (Lipinski definition) is 3. The van der Waals surface area contributed by atoms with Gasteiger partial charge in [-0.2, -0.15) is 5.06 Å². The predicted octanol–water partition coefficient (Wildman–Crippen LogP) is 0.451. The molecule has 60 valence electrons. The van der Waals surface area contributed by atoms with Gasteiger partial charge < -0.3 is 10.5 Å². The number of nitrogens with zero attached hydrogens (tertiary/aromatic N) is 1. The summed E-state index contributed by atoms with van der Waals surface area (Å²) in [7, 11) is 0. The second-order valence-corrected chi connectivity index (χ2v) is 2.76. The van der Waals surface area contributed by atoms with E-state index in [1.165, 1.54) is 24.6 Å².